The minimum Gasteiger partial charge on any atom is -0.370 e. The van der Waals surface area contributed by atoms with Gasteiger partial charge < -0.3 is 16.0 Å². The molecule has 1 heterocycles. The van der Waals surface area contributed by atoms with Gasteiger partial charge in [-0.1, -0.05) is 32.4 Å². The van der Waals surface area contributed by atoms with Crippen molar-refractivity contribution in [2.24, 2.45) is 10.7 Å². The zero-order valence-corrected chi connectivity index (χ0v) is 14.5. The molecule has 1 aromatic carbocycles. The van der Waals surface area contributed by atoms with Crippen molar-refractivity contribution >= 4 is 11.6 Å². The fourth-order valence-electron chi connectivity index (χ4n) is 3.60. The highest BCUT2D eigenvalue weighted by atomic mass is 15.2. The van der Waals surface area contributed by atoms with E-state index in [1.807, 2.05) is 6.07 Å². The van der Waals surface area contributed by atoms with E-state index >= 15 is 0 Å². The summed E-state index contributed by atoms with van der Waals surface area (Å²) in [5, 5.41) is 3.24. The second-order valence-corrected chi connectivity index (χ2v) is 7.30. The molecule has 2 aliphatic rings. The first-order chi connectivity index (χ1) is 11.1. The van der Waals surface area contributed by atoms with Gasteiger partial charge in [0.1, 0.15) is 0 Å². The number of hydrogen-bond acceptors (Lipinski definition) is 2. The number of aliphatic imine (C=N–C) groups is 1. The summed E-state index contributed by atoms with van der Waals surface area (Å²) < 4.78 is 0. The zero-order chi connectivity index (χ0) is 16.2. The molecule has 4 nitrogen and oxygen atoms in total. The van der Waals surface area contributed by atoms with Crippen molar-refractivity contribution in [2.75, 3.05) is 18.4 Å². The average molecular weight is 314 g/mol. The lowest BCUT2D eigenvalue weighted by Gasteiger charge is -2.43. The van der Waals surface area contributed by atoms with Crippen LogP contribution in [0.1, 0.15) is 57.4 Å². The van der Waals surface area contributed by atoms with Gasteiger partial charge in [-0.25, -0.2) is 4.99 Å². The van der Waals surface area contributed by atoms with Crippen LogP contribution in [0.25, 0.3) is 0 Å². The number of anilines is 1. The molecule has 0 amide bonds. The predicted molar refractivity (Wildman–Crippen MR) is 98.0 cm³/mol. The molecule has 4 heteroatoms. The molecule has 0 bridgehead atoms. The Balaban J connectivity index is 1.50. The number of hydrogen-bond donors (Lipinski definition) is 2. The van der Waals surface area contributed by atoms with E-state index in [0.717, 1.165) is 24.6 Å². The van der Waals surface area contributed by atoms with Gasteiger partial charge in [-0.3, -0.25) is 0 Å². The zero-order valence-electron chi connectivity index (χ0n) is 14.5. The molecule has 1 saturated carbocycles. The smallest absolute Gasteiger partial charge is 0.193 e. The van der Waals surface area contributed by atoms with E-state index in [0.29, 0.717) is 17.9 Å². The quantitative estimate of drug-likeness (QED) is 0.660. The van der Waals surface area contributed by atoms with Gasteiger partial charge in [-0.15, -0.1) is 0 Å². The van der Waals surface area contributed by atoms with Crippen LogP contribution in [0, 0.1) is 0 Å². The summed E-state index contributed by atoms with van der Waals surface area (Å²) in [5.74, 6) is 1.07. The van der Waals surface area contributed by atoms with Gasteiger partial charge in [-0.05, 0) is 62.4 Å². The molecule has 1 aliphatic carbocycles. The third kappa shape index (κ3) is 4.25. The van der Waals surface area contributed by atoms with Gasteiger partial charge in [0, 0.05) is 11.7 Å². The molecule has 1 aliphatic heterocycles. The molecular weight excluding hydrogens is 284 g/mol. The second-order valence-electron chi connectivity index (χ2n) is 7.30. The number of guanidine groups is 1. The van der Waals surface area contributed by atoms with Gasteiger partial charge in [0.25, 0.3) is 0 Å². The van der Waals surface area contributed by atoms with Crippen molar-refractivity contribution in [1.29, 1.82) is 0 Å². The maximum absolute atomic E-state index is 6.09. The Morgan fingerprint density at radius 1 is 1.22 bits per heavy atom. The van der Waals surface area contributed by atoms with Gasteiger partial charge in [0.05, 0.1) is 6.04 Å². The van der Waals surface area contributed by atoms with Crippen LogP contribution in [-0.4, -0.2) is 36.0 Å². The summed E-state index contributed by atoms with van der Waals surface area (Å²) in [5.41, 5.74) is 8.44. The predicted octanol–water partition coefficient (Wildman–Crippen LogP) is 3.55. The topological polar surface area (TPSA) is 53.6 Å². The lowest BCUT2D eigenvalue weighted by Crippen LogP contribution is -2.49. The third-order valence-electron chi connectivity index (χ3n) is 5.14. The number of piperidine rings is 1. The van der Waals surface area contributed by atoms with Crippen molar-refractivity contribution in [3.05, 3.63) is 29.8 Å². The highest BCUT2D eigenvalue weighted by molar-refractivity contribution is 5.92. The van der Waals surface area contributed by atoms with Gasteiger partial charge in [0.2, 0.25) is 0 Å². The van der Waals surface area contributed by atoms with Crippen LogP contribution in [0.4, 0.5) is 5.69 Å². The van der Waals surface area contributed by atoms with E-state index in [4.69, 9.17) is 5.73 Å². The Morgan fingerprint density at radius 3 is 2.65 bits per heavy atom. The van der Waals surface area contributed by atoms with E-state index in [9.17, 15) is 0 Å². The standard InChI is InChI=1S/C19H30N4/c1-14(2)15-7-6-8-16(11-15)21-19(20)22-17-12-18(13-17)23-9-4-3-5-10-23/h6-8,11,14,17-18H,3-5,9-10,12-13H2,1-2H3,(H3,20,21,22). The Labute approximate surface area is 140 Å². The Bertz CT molecular complexity index is 540. The van der Waals surface area contributed by atoms with Gasteiger partial charge >= 0.3 is 0 Å². The van der Waals surface area contributed by atoms with Crippen LogP contribution in [-0.2, 0) is 0 Å². The number of rotatable bonds is 4. The largest absolute Gasteiger partial charge is 0.370 e. The summed E-state index contributed by atoms with van der Waals surface area (Å²) in [6.07, 6.45) is 6.45. The maximum atomic E-state index is 6.09. The molecule has 0 atom stereocenters. The van der Waals surface area contributed by atoms with E-state index in [-0.39, 0.29) is 0 Å². The van der Waals surface area contributed by atoms with Crippen molar-refractivity contribution in [2.45, 2.75) is 64.0 Å². The Morgan fingerprint density at radius 2 is 1.96 bits per heavy atom. The number of nitrogens with one attached hydrogen (secondary N) is 1. The summed E-state index contributed by atoms with van der Waals surface area (Å²) in [7, 11) is 0. The molecule has 23 heavy (non-hydrogen) atoms. The van der Waals surface area contributed by atoms with Crippen molar-refractivity contribution < 1.29 is 0 Å². The Kier molecular flexibility index (Phi) is 5.21. The highest BCUT2D eigenvalue weighted by Gasteiger charge is 2.33. The molecule has 1 saturated heterocycles. The molecule has 126 valence electrons. The van der Waals surface area contributed by atoms with Gasteiger partial charge in [0.15, 0.2) is 5.96 Å². The fourth-order valence-corrected chi connectivity index (χ4v) is 3.60. The lowest BCUT2D eigenvalue weighted by molar-refractivity contribution is 0.0912. The lowest BCUT2D eigenvalue weighted by atomic mass is 9.85. The van der Waals surface area contributed by atoms with E-state index < -0.39 is 0 Å². The molecule has 3 N–H and O–H groups in total. The highest BCUT2D eigenvalue weighted by Crippen LogP contribution is 2.30. The molecule has 0 unspecified atom stereocenters. The Hall–Kier alpha value is -1.55. The van der Waals surface area contributed by atoms with E-state index in [1.165, 1.54) is 37.9 Å². The monoisotopic (exact) mass is 314 g/mol. The average Bonchev–Trinajstić information content (AvgIpc) is 2.51. The fraction of sp³-hybridized carbons (Fsp3) is 0.632. The molecule has 0 spiro atoms. The number of nitrogens with two attached hydrogens (primary N) is 1. The van der Waals surface area contributed by atoms with Crippen LogP contribution in [0.5, 0.6) is 0 Å². The molecule has 0 aromatic heterocycles. The second kappa shape index (κ2) is 7.35. The number of benzene rings is 1. The first kappa shape index (κ1) is 16.3. The summed E-state index contributed by atoms with van der Waals surface area (Å²) in [6.45, 7) is 6.95. The van der Waals surface area contributed by atoms with Crippen LogP contribution in [0.3, 0.4) is 0 Å². The first-order valence-electron chi connectivity index (χ1n) is 9.06. The molecule has 3 rings (SSSR count). The molecule has 1 aromatic rings. The molecule has 0 radical (unpaired) electrons. The van der Waals surface area contributed by atoms with Crippen molar-refractivity contribution in [3.8, 4) is 0 Å². The summed E-state index contributed by atoms with van der Waals surface area (Å²) in [6, 6.07) is 9.55. The summed E-state index contributed by atoms with van der Waals surface area (Å²) >= 11 is 0. The van der Waals surface area contributed by atoms with Gasteiger partial charge in [-0.2, -0.15) is 0 Å². The number of likely N-dealkylation sites (tertiary alicyclic amines) is 1. The number of nitrogens with zero attached hydrogens (tertiary/aromatic N) is 2. The maximum Gasteiger partial charge on any atom is 0.193 e. The minimum atomic E-state index is 0.391. The van der Waals surface area contributed by atoms with E-state index in [2.05, 4.69) is 47.3 Å². The van der Waals surface area contributed by atoms with Crippen LogP contribution in [0.15, 0.2) is 29.3 Å². The van der Waals surface area contributed by atoms with E-state index in [1.54, 1.807) is 0 Å². The van der Waals surface area contributed by atoms with Crippen LogP contribution >= 0.6 is 0 Å². The van der Waals surface area contributed by atoms with Crippen LogP contribution < -0.4 is 11.1 Å². The third-order valence-corrected chi connectivity index (χ3v) is 5.14. The SMILES string of the molecule is CC(C)c1cccc(NC(N)=NC2CC(N3CCCCC3)C2)c1. The first-order valence-corrected chi connectivity index (χ1v) is 9.06. The molecule has 2 fully saturated rings. The van der Waals surface area contributed by atoms with Crippen molar-refractivity contribution in [3.63, 3.8) is 0 Å². The normalized spacial score (nSPS) is 26.1. The van der Waals surface area contributed by atoms with Crippen LogP contribution in [0.2, 0.25) is 0 Å². The summed E-state index contributed by atoms with van der Waals surface area (Å²) in [4.78, 5) is 7.30. The molecular formula is C19H30N4. The van der Waals surface area contributed by atoms with Crippen molar-refractivity contribution in [1.82, 2.24) is 4.90 Å². The minimum absolute atomic E-state index is 0.391.